The van der Waals surface area contributed by atoms with Crippen LogP contribution in [0.3, 0.4) is 0 Å². The second kappa shape index (κ2) is 10.6. The number of hydrogen-bond donors (Lipinski definition) is 2. The fourth-order valence-corrected chi connectivity index (χ4v) is 3.95. The van der Waals surface area contributed by atoms with Crippen LogP contribution >= 0.6 is 0 Å². The minimum atomic E-state index is -0.639. The maximum atomic E-state index is 12.4. The summed E-state index contributed by atoms with van der Waals surface area (Å²) in [7, 11) is 0. The van der Waals surface area contributed by atoms with Crippen LogP contribution in [-0.4, -0.2) is 49.4 Å². The molecule has 7 nitrogen and oxygen atoms in total. The van der Waals surface area contributed by atoms with E-state index in [1.54, 1.807) is 6.26 Å². The first-order valence-corrected chi connectivity index (χ1v) is 10.9. The molecule has 1 aromatic heterocycles. The molecule has 3 aromatic rings. The standard InChI is InChI=1S/C25H28N4O3/c30-24(26-18-20-8-3-1-4-9-20)25(31)27-19-22(23-12-7-17-32-23)29-15-13-28(14-16-29)21-10-5-2-6-11-21/h1-12,17,22H,13-16,18-19H2,(H,26,30)(H,27,31)/t22-/m0/s1. The molecular formula is C25H28N4O3. The molecule has 0 bridgehead atoms. The Morgan fingerprint density at radius 1 is 0.812 bits per heavy atom. The minimum absolute atomic E-state index is 0.131. The van der Waals surface area contributed by atoms with Gasteiger partial charge < -0.3 is 20.0 Å². The van der Waals surface area contributed by atoms with Crippen LogP contribution in [0.2, 0.25) is 0 Å². The second-order valence-electron chi connectivity index (χ2n) is 7.77. The van der Waals surface area contributed by atoms with E-state index in [0.717, 1.165) is 37.5 Å². The summed E-state index contributed by atoms with van der Waals surface area (Å²) in [5, 5.41) is 5.45. The quantitative estimate of drug-likeness (QED) is 0.561. The number of carbonyl (C=O) groups is 2. The first-order chi connectivity index (χ1) is 15.7. The highest BCUT2D eigenvalue weighted by atomic mass is 16.3. The molecule has 0 aliphatic carbocycles. The lowest BCUT2D eigenvalue weighted by molar-refractivity contribution is -0.139. The summed E-state index contributed by atoms with van der Waals surface area (Å²) in [5.41, 5.74) is 2.16. The number of rotatable bonds is 7. The Hall–Kier alpha value is -3.58. The van der Waals surface area contributed by atoms with Gasteiger partial charge in [-0.1, -0.05) is 48.5 Å². The molecule has 0 unspecified atom stereocenters. The Balaban J connectivity index is 1.32. The molecule has 1 fully saturated rings. The smallest absolute Gasteiger partial charge is 0.309 e. The Labute approximate surface area is 188 Å². The highest BCUT2D eigenvalue weighted by Crippen LogP contribution is 2.24. The summed E-state index contributed by atoms with van der Waals surface area (Å²) in [5.74, 6) is -0.496. The third-order valence-electron chi connectivity index (χ3n) is 5.71. The van der Waals surface area contributed by atoms with Gasteiger partial charge in [0.05, 0.1) is 12.3 Å². The van der Waals surface area contributed by atoms with Crippen LogP contribution in [-0.2, 0) is 16.1 Å². The summed E-state index contributed by atoms with van der Waals surface area (Å²) in [6.07, 6.45) is 1.64. The number of furan rings is 1. The normalized spacial score (nSPS) is 15.2. The van der Waals surface area contributed by atoms with Crippen molar-refractivity contribution in [3.05, 3.63) is 90.4 Å². The molecule has 7 heteroatoms. The van der Waals surface area contributed by atoms with Gasteiger partial charge in [0.1, 0.15) is 5.76 Å². The van der Waals surface area contributed by atoms with Crippen LogP contribution in [0, 0.1) is 0 Å². The number of para-hydroxylation sites is 1. The van der Waals surface area contributed by atoms with E-state index in [1.807, 2.05) is 60.7 Å². The lowest BCUT2D eigenvalue weighted by Crippen LogP contribution is -2.50. The molecule has 0 saturated carbocycles. The molecule has 2 heterocycles. The van der Waals surface area contributed by atoms with Crippen LogP contribution in [0.15, 0.2) is 83.5 Å². The molecule has 32 heavy (non-hydrogen) atoms. The van der Waals surface area contributed by atoms with Crippen molar-refractivity contribution < 1.29 is 14.0 Å². The van der Waals surface area contributed by atoms with E-state index < -0.39 is 11.8 Å². The van der Waals surface area contributed by atoms with E-state index in [-0.39, 0.29) is 6.04 Å². The molecule has 2 N–H and O–H groups in total. The molecule has 2 amide bonds. The monoisotopic (exact) mass is 432 g/mol. The fourth-order valence-electron chi connectivity index (χ4n) is 3.95. The van der Waals surface area contributed by atoms with Crippen LogP contribution in [0.5, 0.6) is 0 Å². The largest absolute Gasteiger partial charge is 0.468 e. The Morgan fingerprint density at radius 2 is 1.47 bits per heavy atom. The number of hydrogen-bond acceptors (Lipinski definition) is 5. The summed E-state index contributed by atoms with van der Waals surface area (Å²) in [6, 6.07) is 23.5. The lowest BCUT2D eigenvalue weighted by atomic mass is 10.1. The number of piperazine rings is 1. The Bertz CT molecular complexity index is 985. The summed E-state index contributed by atoms with van der Waals surface area (Å²) in [4.78, 5) is 29.2. The van der Waals surface area contributed by atoms with E-state index in [1.165, 1.54) is 5.69 Å². The zero-order chi connectivity index (χ0) is 22.2. The number of nitrogens with one attached hydrogen (secondary N) is 2. The van der Waals surface area contributed by atoms with Gasteiger partial charge in [-0.3, -0.25) is 14.5 Å². The third kappa shape index (κ3) is 5.56. The van der Waals surface area contributed by atoms with Gasteiger partial charge in [0, 0.05) is 45.0 Å². The van der Waals surface area contributed by atoms with Crippen molar-refractivity contribution in [1.82, 2.24) is 15.5 Å². The van der Waals surface area contributed by atoms with Gasteiger partial charge in [-0.05, 0) is 29.8 Å². The molecule has 1 saturated heterocycles. The molecule has 1 aliphatic rings. The van der Waals surface area contributed by atoms with Gasteiger partial charge in [0.15, 0.2) is 0 Å². The van der Waals surface area contributed by atoms with Crippen molar-refractivity contribution in [2.75, 3.05) is 37.6 Å². The van der Waals surface area contributed by atoms with Crippen LogP contribution in [0.1, 0.15) is 17.4 Å². The lowest BCUT2D eigenvalue weighted by Gasteiger charge is -2.39. The molecule has 4 rings (SSSR count). The average molecular weight is 433 g/mol. The highest BCUT2D eigenvalue weighted by molar-refractivity contribution is 6.35. The van der Waals surface area contributed by atoms with E-state index in [9.17, 15) is 9.59 Å². The number of carbonyl (C=O) groups excluding carboxylic acids is 2. The Morgan fingerprint density at radius 3 is 2.12 bits per heavy atom. The van der Waals surface area contributed by atoms with E-state index >= 15 is 0 Å². The van der Waals surface area contributed by atoms with Crippen LogP contribution in [0.4, 0.5) is 5.69 Å². The van der Waals surface area contributed by atoms with Gasteiger partial charge >= 0.3 is 11.8 Å². The van der Waals surface area contributed by atoms with E-state index in [0.29, 0.717) is 13.1 Å². The van der Waals surface area contributed by atoms with Crippen LogP contribution < -0.4 is 15.5 Å². The number of benzene rings is 2. The number of anilines is 1. The zero-order valence-corrected chi connectivity index (χ0v) is 17.9. The number of amides is 2. The SMILES string of the molecule is O=C(NCc1ccccc1)C(=O)NC[C@@H](c1ccco1)N1CCN(c2ccccc2)CC1. The molecule has 1 aliphatic heterocycles. The number of nitrogens with zero attached hydrogens (tertiary/aromatic N) is 2. The zero-order valence-electron chi connectivity index (χ0n) is 17.9. The summed E-state index contributed by atoms with van der Waals surface area (Å²) in [6.45, 7) is 4.04. The van der Waals surface area contributed by atoms with Gasteiger partial charge in [-0.15, -0.1) is 0 Å². The maximum absolute atomic E-state index is 12.4. The van der Waals surface area contributed by atoms with Gasteiger partial charge in [-0.2, -0.15) is 0 Å². The summed E-state index contributed by atoms with van der Waals surface area (Å²) >= 11 is 0. The van der Waals surface area contributed by atoms with Gasteiger partial charge in [0.25, 0.3) is 0 Å². The molecule has 1 atom stereocenters. The fraction of sp³-hybridized carbons (Fsp3) is 0.280. The molecular weight excluding hydrogens is 404 g/mol. The predicted molar refractivity (Wildman–Crippen MR) is 123 cm³/mol. The van der Waals surface area contributed by atoms with Crippen LogP contribution in [0.25, 0.3) is 0 Å². The van der Waals surface area contributed by atoms with Crippen molar-refractivity contribution in [3.63, 3.8) is 0 Å². The first kappa shape index (κ1) is 21.6. The van der Waals surface area contributed by atoms with Crippen molar-refractivity contribution in [1.29, 1.82) is 0 Å². The molecule has 0 radical (unpaired) electrons. The molecule has 0 spiro atoms. The van der Waals surface area contributed by atoms with Crippen molar-refractivity contribution in [2.45, 2.75) is 12.6 Å². The summed E-state index contributed by atoms with van der Waals surface area (Å²) < 4.78 is 5.65. The predicted octanol–water partition coefficient (Wildman–Crippen LogP) is 2.58. The molecule has 2 aromatic carbocycles. The first-order valence-electron chi connectivity index (χ1n) is 10.9. The maximum Gasteiger partial charge on any atom is 0.309 e. The topological polar surface area (TPSA) is 77.8 Å². The minimum Gasteiger partial charge on any atom is -0.468 e. The molecule has 166 valence electrons. The second-order valence-corrected chi connectivity index (χ2v) is 7.77. The Kier molecular flexibility index (Phi) is 7.19. The van der Waals surface area contributed by atoms with Crippen molar-refractivity contribution >= 4 is 17.5 Å². The van der Waals surface area contributed by atoms with Crippen molar-refractivity contribution in [3.8, 4) is 0 Å². The van der Waals surface area contributed by atoms with E-state index in [4.69, 9.17) is 4.42 Å². The van der Waals surface area contributed by atoms with E-state index in [2.05, 4.69) is 32.6 Å². The van der Waals surface area contributed by atoms with Gasteiger partial charge in [0.2, 0.25) is 0 Å². The average Bonchev–Trinajstić information content (AvgIpc) is 3.39. The van der Waals surface area contributed by atoms with Crippen molar-refractivity contribution in [2.24, 2.45) is 0 Å². The third-order valence-corrected chi connectivity index (χ3v) is 5.71. The highest BCUT2D eigenvalue weighted by Gasteiger charge is 2.28. The van der Waals surface area contributed by atoms with Gasteiger partial charge in [-0.25, -0.2) is 0 Å².